The molecular formula is C14H18O2. The minimum absolute atomic E-state index is 0.126. The van der Waals surface area contributed by atoms with E-state index in [0.717, 1.165) is 19.1 Å². The molecule has 1 aromatic carbocycles. The second-order valence-electron chi connectivity index (χ2n) is 4.85. The Morgan fingerprint density at radius 1 is 1.31 bits per heavy atom. The number of aryl methyl sites for hydroxylation is 1. The summed E-state index contributed by atoms with van der Waals surface area (Å²) in [4.78, 5) is 10.8. The molecule has 1 aliphatic rings. The van der Waals surface area contributed by atoms with Crippen LogP contribution < -0.4 is 0 Å². The van der Waals surface area contributed by atoms with Gasteiger partial charge in [0, 0.05) is 0 Å². The van der Waals surface area contributed by atoms with Gasteiger partial charge in [-0.25, -0.2) is 0 Å². The van der Waals surface area contributed by atoms with Gasteiger partial charge in [0.1, 0.15) is 5.75 Å². The summed E-state index contributed by atoms with van der Waals surface area (Å²) in [5.74, 6) is 0.794. The van der Waals surface area contributed by atoms with E-state index in [2.05, 4.69) is 6.92 Å². The first-order valence-electron chi connectivity index (χ1n) is 6.00. The number of phenolic OH excluding ortho intramolecular Hbond substituents is 1. The summed E-state index contributed by atoms with van der Waals surface area (Å²) >= 11 is 0. The Kier molecular flexibility index (Phi) is 3.28. The summed E-state index contributed by atoms with van der Waals surface area (Å²) in [5, 5.41) is 9.68. The summed E-state index contributed by atoms with van der Waals surface area (Å²) in [6.45, 7) is 2.25. The fourth-order valence-electron chi connectivity index (χ4n) is 2.50. The molecule has 1 atom stereocenters. The molecule has 0 aliphatic heterocycles. The maximum Gasteiger partial charge on any atom is 0.153 e. The van der Waals surface area contributed by atoms with Crippen LogP contribution >= 0.6 is 0 Å². The number of carbonyl (C=O) groups excluding carboxylic acids is 1. The van der Waals surface area contributed by atoms with Crippen molar-refractivity contribution in [2.75, 3.05) is 0 Å². The van der Waals surface area contributed by atoms with Crippen molar-refractivity contribution in [3.05, 3.63) is 28.8 Å². The van der Waals surface area contributed by atoms with E-state index in [1.54, 1.807) is 6.07 Å². The monoisotopic (exact) mass is 218 g/mol. The highest BCUT2D eigenvalue weighted by atomic mass is 16.3. The highest BCUT2D eigenvalue weighted by molar-refractivity contribution is 5.79. The van der Waals surface area contributed by atoms with Gasteiger partial charge < -0.3 is 5.11 Å². The number of benzene rings is 1. The van der Waals surface area contributed by atoms with Crippen molar-refractivity contribution in [2.45, 2.75) is 39.0 Å². The van der Waals surface area contributed by atoms with Gasteiger partial charge in [-0.3, -0.25) is 4.79 Å². The van der Waals surface area contributed by atoms with Crippen molar-refractivity contribution in [1.29, 1.82) is 0 Å². The van der Waals surface area contributed by atoms with Crippen molar-refractivity contribution in [3.8, 4) is 5.75 Å². The van der Waals surface area contributed by atoms with Gasteiger partial charge in [0.05, 0.1) is 5.56 Å². The van der Waals surface area contributed by atoms with Crippen LogP contribution in [0.25, 0.3) is 0 Å². The van der Waals surface area contributed by atoms with Crippen LogP contribution in [0.3, 0.4) is 0 Å². The zero-order chi connectivity index (χ0) is 11.5. The third-order valence-corrected chi connectivity index (χ3v) is 3.44. The molecule has 0 bridgehead atoms. The second-order valence-corrected chi connectivity index (χ2v) is 4.85. The van der Waals surface area contributed by atoms with Crippen molar-refractivity contribution >= 4 is 6.29 Å². The molecule has 16 heavy (non-hydrogen) atoms. The maximum atomic E-state index is 10.8. The number of aromatic hydroxyl groups is 1. The van der Waals surface area contributed by atoms with Crippen LogP contribution in [0.5, 0.6) is 5.75 Å². The molecule has 0 fully saturated rings. The number of hydrogen-bond acceptors (Lipinski definition) is 2. The number of aldehydes is 1. The van der Waals surface area contributed by atoms with Gasteiger partial charge in [0.15, 0.2) is 6.29 Å². The fourth-order valence-corrected chi connectivity index (χ4v) is 2.50. The van der Waals surface area contributed by atoms with Gasteiger partial charge in [0.2, 0.25) is 0 Å². The van der Waals surface area contributed by atoms with Gasteiger partial charge in [-0.1, -0.05) is 19.8 Å². The van der Waals surface area contributed by atoms with E-state index >= 15 is 0 Å². The molecule has 0 heterocycles. The van der Waals surface area contributed by atoms with Crippen molar-refractivity contribution in [2.24, 2.45) is 5.92 Å². The molecule has 1 N–H and O–H groups in total. The Morgan fingerprint density at radius 3 is 2.88 bits per heavy atom. The highest BCUT2D eigenvalue weighted by Crippen LogP contribution is 2.28. The largest absolute Gasteiger partial charge is 0.507 e. The van der Waals surface area contributed by atoms with Gasteiger partial charge in [0.25, 0.3) is 0 Å². The molecule has 0 amide bonds. The van der Waals surface area contributed by atoms with Crippen LogP contribution in [-0.4, -0.2) is 11.4 Å². The smallest absolute Gasteiger partial charge is 0.153 e. The molecule has 1 aliphatic carbocycles. The zero-order valence-electron chi connectivity index (χ0n) is 9.70. The standard InChI is InChI=1S/C14H18O2/c1-10-4-2-3-5-11-7-13(9-15)14(16)8-12(11)6-10/h7-10,16H,2-6H2,1H3. The summed E-state index contributed by atoms with van der Waals surface area (Å²) in [5.41, 5.74) is 2.88. The van der Waals surface area contributed by atoms with Crippen LogP contribution in [0.15, 0.2) is 12.1 Å². The summed E-state index contributed by atoms with van der Waals surface area (Å²) in [6, 6.07) is 3.64. The quantitative estimate of drug-likeness (QED) is 0.735. The van der Waals surface area contributed by atoms with E-state index < -0.39 is 0 Å². The molecule has 0 saturated carbocycles. The molecule has 1 aromatic rings. The van der Waals surface area contributed by atoms with Crippen LogP contribution in [0.4, 0.5) is 0 Å². The number of hydrogen-bond donors (Lipinski definition) is 1. The number of fused-ring (bicyclic) bond motifs is 1. The summed E-state index contributed by atoms with van der Waals surface area (Å²) < 4.78 is 0. The van der Waals surface area contributed by atoms with Crippen molar-refractivity contribution < 1.29 is 9.90 Å². The number of phenols is 1. The molecule has 0 aromatic heterocycles. The average Bonchev–Trinajstić information content (AvgIpc) is 2.24. The first-order chi connectivity index (χ1) is 7.70. The minimum Gasteiger partial charge on any atom is -0.507 e. The Morgan fingerprint density at radius 2 is 2.12 bits per heavy atom. The molecule has 2 nitrogen and oxygen atoms in total. The molecule has 2 heteroatoms. The van der Waals surface area contributed by atoms with Crippen LogP contribution in [0, 0.1) is 5.92 Å². The predicted molar refractivity (Wildman–Crippen MR) is 63.9 cm³/mol. The number of rotatable bonds is 1. The highest BCUT2D eigenvalue weighted by Gasteiger charge is 2.14. The first-order valence-corrected chi connectivity index (χ1v) is 6.00. The molecule has 86 valence electrons. The topological polar surface area (TPSA) is 37.3 Å². The Balaban J connectivity index is 2.40. The van der Waals surface area contributed by atoms with E-state index in [1.165, 1.54) is 30.4 Å². The van der Waals surface area contributed by atoms with Gasteiger partial charge >= 0.3 is 0 Å². The van der Waals surface area contributed by atoms with E-state index in [0.29, 0.717) is 11.5 Å². The van der Waals surface area contributed by atoms with Crippen LogP contribution in [0.1, 0.15) is 47.7 Å². The predicted octanol–water partition coefficient (Wildman–Crippen LogP) is 3.11. The lowest BCUT2D eigenvalue weighted by Gasteiger charge is -2.19. The molecule has 0 spiro atoms. The third kappa shape index (κ3) is 2.26. The Hall–Kier alpha value is -1.31. The fraction of sp³-hybridized carbons (Fsp3) is 0.500. The molecule has 0 radical (unpaired) electrons. The zero-order valence-corrected chi connectivity index (χ0v) is 9.70. The van der Waals surface area contributed by atoms with E-state index in [1.807, 2.05) is 6.07 Å². The summed E-state index contributed by atoms with van der Waals surface area (Å²) in [6.07, 6.45) is 6.48. The van der Waals surface area contributed by atoms with Crippen molar-refractivity contribution in [1.82, 2.24) is 0 Å². The first kappa shape index (κ1) is 11.2. The molecule has 0 saturated heterocycles. The van der Waals surface area contributed by atoms with E-state index in [9.17, 15) is 9.90 Å². The molecule has 2 rings (SSSR count). The van der Waals surface area contributed by atoms with Gasteiger partial charge in [-0.05, 0) is 48.4 Å². The lowest BCUT2D eigenvalue weighted by Crippen LogP contribution is -2.07. The molecular weight excluding hydrogens is 200 g/mol. The van der Waals surface area contributed by atoms with E-state index in [-0.39, 0.29) is 5.75 Å². The maximum absolute atomic E-state index is 10.8. The lowest BCUT2D eigenvalue weighted by molar-refractivity contribution is 0.112. The van der Waals surface area contributed by atoms with E-state index in [4.69, 9.17) is 0 Å². The lowest BCUT2D eigenvalue weighted by atomic mass is 9.87. The van der Waals surface area contributed by atoms with Crippen LogP contribution in [0.2, 0.25) is 0 Å². The number of carbonyl (C=O) groups is 1. The average molecular weight is 218 g/mol. The SMILES string of the molecule is CC1CCCCc2cc(C=O)c(O)cc2C1. The van der Waals surface area contributed by atoms with Crippen molar-refractivity contribution in [3.63, 3.8) is 0 Å². The normalized spacial score (nSPS) is 20.7. The Bertz CT molecular complexity index is 396. The van der Waals surface area contributed by atoms with Crippen LogP contribution in [-0.2, 0) is 12.8 Å². The molecule has 1 unspecified atom stereocenters. The third-order valence-electron chi connectivity index (χ3n) is 3.44. The minimum atomic E-state index is 0.126. The van der Waals surface area contributed by atoms with Gasteiger partial charge in [-0.15, -0.1) is 0 Å². The second kappa shape index (κ2) is 4.69. The van der Waals surface area contributed by atoms with Gasteiger partial charge in [-0.2, -0.15) is 0 Å². The summed E-state index contributed by atoms with van der Waals surface area (Å²) in [7, 11) is 0. The Labute approximate surface area is 96.3 Å².